The number of hydrogen-bond acceptors (Lipinski definition) is 3. The second kappa shape index (κ2) is 7.15. The summed E-state index contributed by atoms with van der Waals surface area (Å²) in [7, 11) is 1.63. The molecule has 2 atom stereocenters. The fraction of sp³-hybridized carbons (Fsp3) is 0.350. The van der Waals surface area contributed by atoms with Crippen LogP contribution in [0.5, 0.6) is 5.75 Å². The molecule has 0 unspecified atom stereocenters. The van der Waals surface area contributed by atoms with E-state index in [0.717, 1.165) is 29.2 Å². The number of carbonyl (C=O) groups is 1. The number of aryl methyl sites for hydroxylation is 2. The minimum absolute atomic E-state index is 0.0368. The summed E-state index contributed by atoms with van der Waals surface area (Å²) in [6.07, 6.45) is 4.64. The van der Waals surface area contributed by atoms with E-state index < -0.39 is 0 Å². The Kier molecular flexibility index (Phi) is 4.95. The summed E-state index contributed by atoms with van der Waals surface area (Å²) in [6, 6.07) is 9.50. The van der Waals surface area contributed by atoms with Gasteiger partial charge in [-0.3, -0.25) is 4.79 Å². The van der Waals surface area contributed by atoms with E-state index in [-0.39, 0.29) is 24.5 Å². The molecular weight excluding hydrogens is 316 g/mol. The molecule has 2 aromatic rings. The Bertz CT molecular complexity index is 788. The first-order chi connectivity index (χ1) is 12.0. The molecule has 1 aromatic carbocycles. The third-order valence-electron chi connectivity index (χ3n) is 4.68. The third kappa shape index (κ3) is 3.46. The van der Waals surface area contributed by atoms with Crippen LogP contribution in [0.1, 0.15) is 28.2 Å². The molecule has 2 N–H and O–H groups in total. The van der Waals surface area contributed by atoms with Crippen molar-refractivity contribution in [3.63, 3.8) is 0 Å². The van der Waals surface area contributed by atoms with Crippen LogP contribution in [-0.4, -0.2) is 35.3 Å². The Morgan fingerprint density at radius 2 is 1.96 bits per heavy atom. The first-order valence-electron chi connectivity index (χ1n) is 8.47. The van der Waals surface area contributed by atoms with Gasteiger partial charge in [0.1, 0.15) is 5.75 Å². The number of methoxy groups -OCH3 is 1. The van der Waals surface area contributed by atoms with Crippen LogP contribution in [0.15, 0.2) is 42.5 Å². The van der Waals surface area contributed by atoms with Crippen molar-refractivity contribution in [3.05, 3.63) is 59.4 Å². The molecule has 0 saturated heterocycles. The molecule has 1 heterocycles. The fourth-order valence-corrected chi connectivity index (χ4v) is 3.32. The molecule has 1 amide bonds. The number of aromatic nitrogens is 1. The van der Waals surface area contributed by atoms with Crippen molar-refractivity contribution in [1.82, 2.24) is 9.88 Å². The van der Waals surface area contributed by atoms with Crippen molar-refractivity contribution in [2.75, 3.05) is 13.7 Å². The van der Waals surface area contributed by atoms with E-state index in [1.54, 1.807) is 13.2 Å². The van der Waals surface area contributed by atoms with Crippen LogP contribution in [-0.2, 0) is 0 Å². The average Bonchev–Trinajstić information content (AvgIpc) is 3.20. The maximum atomic E-state index is 12.6. The maximum Gasteiger partial charge on any atom is 0.251 e. The smallest absolute Gasteiger partial charge is 0.251 e. The molecule has 5 heteroatoms. The summed E-state index contributed by atoms with van der Waals surface area (Å²) in [6.45, 7) is 4.16. The molecule has 3 rings (SSSR count). The zero-order valence-electron chi connectivity index (χ0n) is 14.8. The van der Waals surface area contributed by atoms with Crippen LogP contribution in [0.3, 0.4) is 0 Å². The van der Waals surface area contributed by atoms with Gasteiger partial charge in [-0.15, -0.1) is 0 Å². The van der Waals surface area contributed by atoms with Gasteiger partial charge in [-0.05, 0) is 50.6 Å². The van der Waals surface area contributed by atoms with Crippen LogP contribution < -0.4 is 10.1 Å². The Labute approximate surface area is 147 Å². The lowest BCUT2D eigenvalue weighted by atomic mass is 10.1. The van der Waals surface area contributed by atoms with E-state index in [2.05, 4.69) is 9.88 Å². The highest BCUT2D eigenvalue weighted by atomic mass is 16.5. The number of ether oxygens (including phenoxy) is 1. The summed E-state index contributed by atoms with van der Waals surface area (Å²) >= 11 is 0. The number of nitrogens with one attached hydrogen (secondary N) is 1. The van der Waals surface area contributed by atoms with Gasteiger partial charge in [-0.25, -0.2) is 0 Å². The molecule has 1 aliphatic carbocycles. The number of rotatable bonds is 5. The van der Waals surface area contributed by atoms with Crippen molar-refractivity contribution in [3.8, 4) is 11.4 Å². The minimum Gasteiger partial charge on any atom is -0.495 e. The quantitative estimate of drug-likeness (QED) is 0.823. The minimum atomic E-state index is -0.125. The van der Waals surface area contributed by atoms with E-state index in [4.69, 9.17) is 4.74 Å². The standard InChI is InChI=1S/C20H24N2O3/c1-13-4-5-14(2)22(13)18-11-16(7-9-19(18)25-3)20(24)21-17-8-6-15(10-17)12-23/h4-9,11,15,17,23H,10,12H2,1-3H3,(H,21,24)/t15-,17+/m0/s1. The van der Waals surface area contributed by atoms with Crippen molar-refractivity contribution in [1.29, 1.82) is 0 Å². The van der Waals surface area contributed by atoms with Crippen molar-refractivity contribution in [2.45, 2.75) is 26.3 Å². The van der Waals surface area contributed by atoms with Crippen LogP contribution in [0, 0.1) is 19.8 Å². The van der Waals surface area contributed by atoms with Crippen LogP contribution in [0.25, 0.3) is 5.69 Å². The number of amides is 1. The largest absolute Gasteiger partial charge is 0.495 e. The van der Waals surface area contributed by atoms with E-state index in [1.165, 1.54) is 0 Å². The summed E-state index contributed by atoms with van der Waals surface area (Å²) in [5.41, 5.74) is 3.60. The Balaban J connectivity index is 1.87. The van der Waals surface area contributed by atoms with Gasteiger partial charge in [0.15, 0.2) is 0 Å². The Morgan fingerprint density at radius 1 is 1.24 bits per heavy atom. The average molecular weight is 340 g/mol. The molecular formula is C20H24N2O3. The second-order valence-corrected chi connectivity index (χ2v) is 6.48. The Morgan fingerprint density at radius 3 is 2.56 bits per heavy atom. The first-order valence-corrected chi connectivity index (χ1v) is 8.47. The Hall–Kier alpha value is -2.53. The number of aliphatic hydroxyl groups is 1. The number of aliphatic hydroxyl groups excluding tert-OH is 1. The fourth-order valence-electron chi connectivity index (χ4n) is 3.32. The van der Waals surface area contributed by atoms with E-state index in [1.807, 2.05) is 50.3 Å². The molecule has 0 saturated carbocycles. The van der Waals surface area contributed by atoms with Crippen molar-refractivity contribution >= 4 is 5.91 Å². The highest BCUT2D eigenvalue weighted by molar-refractivity contribution is 5.95. The summed E-state index contributed by atoms with van der Waals surface area (Å²) in [5, 5.41) is 12.2. The molecule has 0 bridgehead atoms. The third-order valence-corrected chi connectivity index (χ3v) is 4.68. The summed E-state index contributed by atoms with van der Waals surface area (Å²) < 4.78 is 7.56. The van der Waals surface area contributed by atoms with E-state index in [0.29, 0.717) is 5.56 Å². The zero-order chi connectivity index (χ0) is 18.0. The first kappa shape index (κ1) is 17.3. The van der Waals surface area contributed by atoms with E-state index >= 15 is 0 Å². The zero-order valence-corrected chi connectivity index (χ0v) is 14.8. The van der Waals surface area contributed by atoms with Gasteiger partial charge in [0, 0.05) is 35.5 Å². The van der Waals surface area contributed by atoms with Crippen LogP contribution in [0.4, 0.5) is 0 Å². The SMILES string of the molecule is COc1ccc(C(=O)N[C@@H]2C=C[C@H](CO)C2)cc1-n1c(C)ccc1C. The van der Waals surface area contributed by atoms with Crippen molar-refractivity contribution in [2.24, 2.45) is 5.92 Å². The van der Waals surface area contributed by atoms with Gasteiger partial charge in [0.25, 0.3) is 5.91 Å². The predicted octanol–water partition coefficient (Wildman–Crippen LogP) is 2.77. The van der Waals surface area contributed by atoms with E-state index in [9.17, 15) is 9.90 Å². The predicted molar refractivity (Wildman–Crippen MR) is 97.4 cm³/mol. The molecule has 0 radical (unpaired) electrons. The second-order valence-electron chi connectivity index (χ2n) is 6.48. The molecule has 0 spiro atoms. The lowest BCUT2D eigenvalue weighted by Gasteiger charge is -2.17. The van der Waals surface area contributed by atoms with Gasteiger partial charge in [0.2, 0.25) is 0 Å². The highest BCUT2D eigenvalue weighted by Gasteiger charge is 2.21. The summed E-state index contributed by atoms with van der Waals surface area (Å²) in [4.78, 5) is 12.6. The molecule has 1 aromatic heterocycles. The molecule has 5 nitrogen and oxygen atoms in total. The normalized spacial score (nSPS) is 19.2. The van der Waals surface area contributed by atoms with Crippen LogP contribution >= 0.6 is 0 Å². The van der Waals surface area contributed by atoms with Gasteiger partial charge in [0.05, 0.1) is 12.8 Å². The lowest BCUT2D eigenvalue weighted by molar-refractivity contribution is 0.0941. The molecule has 132 valence electrons. The van der Waals surface area contributed by atoms with Crippen molar-refractivity contribution < 1.29 is 14.6 Å². The molecule has 25 heavy (non-hydrogen) atoms. The molecule has 0 aliphatic heterocycles. The van der Waals surface area contributed by atoms with Gasteiger partial charge >= 0.3 is 0 Å². The molecule has 1 aliphatic rings. The number of hydrogen-bond donors (Lipinski definition) is 2. The number of nitrogens with zero attached hydrogens (tertiary/aromatic N) is 1. The molecule has 0 fully saturated rings. The van der Waals surface area contributed by atoms with Gasteiger partial charge in [-0.1, -0.05) is 12.2 Å². The monoisotopic (exact) mass is 340 g/mol. The lowest BCUT2D eigenvalue weighted by Crippen LogP contribution is -2.33. The van der Waals surface area contributed by atoms with Gasteiger partial charge < -0.3 is 19.7 Å². The maximum absolute atomic E-state index is 12.6. The van der Waals surface area contributed by atoms with Gasteiger partial charge in [-0.2, -0.15) is 0 Å². The highest BCUT2D eigenvalue weighted by Crippen LogP contribution is 2.28. The number of benzene rings is 1. The topological polar surface area (TPSA) is 63.5 Å². The summed E-state index contributed by atoms with van der Waals surface area (Å²) in [5.74, 6) is 0.724. The number of carbonyl (C=O) groups excluding carboxylic acids is 1. The van der Waals surface area contributed by atoms with Crippen LogP contribution in [0.2, 0.25) is 0 Å².